The van der Waals surface area contributed by atoms with Gasteiger partial charge in [-0.2, -0.15) is 0 Å². The second-order valence-corrected chi connectivity index (χ2v) is 4.52. The standard InChI is InChI=1S/C12H16ClNO/c1-8(2)6-10-7-11(13)4-5-12(10)14-9(3)15/h4-5,7-8H,6H2,1-3H3,(H,14,15). The number of hydrogen-bond donors (Lipinski definition) is 1. The van der Waals surface area contributed by atoms with Gasteiger partial charge in [0.05, 0.1) is 0 Å². The van der Waals surface area contributed by atoms with E-state index < -0.39 is 0 Å². The highest BCUT2D eigenvalue weighted by molar-refractivity contribution is 6.30. The predicted molar refractivity (Wildman–Crippen MR) is 64.3 cm³/mol. The number of rotatable bonds is 3. The first kappa shape index (κ1) is 12.1. The van der Waals surface area contributed by atoms with Gasteiger partial charge in [0.25, 0.3) is 0 Å². The number of anilines is 1. The van der Waals surface area contributed by atoms with Gasteiger partial charge in [-0.05, 0) is 36.1 Å². The van der Waals surface area contributed by atoms with Crippen LogP contribution in [0.3, 0.4) is 0 Å². The van der Waals surface area contributed by atoms with Gasteiger partial charge in [0, 0.05) is 17.6 Å². The molecule has 0 bridgehead atoms. The topological polar surface area (TPSA) is 29.1 Å². The Bertz CT molecular complexity index is 361. The van der Waals surface area contributed by atoms with E-state index in [1.165, 1.54) is 6.92 Å². The van der Waals surface area contributed by atoms with Crippen LogP contribution in [0.1, 0.15) is 26.3 Å². The van der Waals surface area contributed by atoms with E-state index in [0.29, 0.717) is 10.9 Å². The molecular weight excluding hydrogens is 210 g/mol. The molecule has 0 radical (unpaired) electrons. The Morgan fingerprint density at radius 1 is 1.47 bits per heavy atom. The van der Waals surface area contributed by atoms with E-state index in [-0.39, 0.29) is 5.91 Å². The molecule has 82 valence electrons. The van der Waals surface area contributed by atoms with E-state index in [0.717, 1.165) is 17.7 Å². The van der Waals surface area contributed by atoms with E-state index in [9.17, 15) is 4.79 Å². The lowest BCUT2D eigenvalue weighted by molar-refractivity contribution is -0.114. The molecule has 3 heteroatoms. The number of hydrogen-bond acceptors (Lipinski definition) is 1. The molecule has 0 heterocycles. The van der Waals surface area contributed by atoms with Crippen molar-refractivity contribution in [3.05, 3.63) is 28.8 Å². The maximum atomic E-state index is 11.0. The van der Waals surface area contributed by atoms with Crippen molar-refractivity contribution in [1.29, 1.82) is 0 Å². The Morgan fingerprint density at radius 2 is 2.13 bits per heavy atom. The van der Waals surface area contributed by atoms with Crippen molar-refractivity contribution < 1.29 is 4.79 Å². The zero-order valence-corrected chi connectivity index (χ0v) is 10.1. The molecule has 1 aromatic carbocycles. The largest absolute Gasteiger partial charge is 0.326 e. The minimum Gasteiger partial charge on any atom is -0.326 e. The third-order valence-corrected chi connectivity index (χ3v) is 2.24. The summed E-state index contributed by atoms with van der Waals surface area (Å²) in [6.07, 6.45) is 0.913. The quantitative estimate of drug-likeness (QED) is 0.838. The molecule has 0 unspecified atom stereocenters. The second kappa shape index (κ2) is 5.17. The monoisotopic (exact) mass is 225 g/mol. The first-order valence-electron chi connectivity index (χ1n) is 5.05. The molecule has 0 spiro atoms. The average Bonchev–Trinajstić information content (AvgIpc) is 2.08. The fourth-order valence-corrected chi connectivity index (χ4v) is 1.68. The lowest BCUT2D eigenvalue weighted by atomic mass is 10.0. The molecule has 15 heavy (non-hydrogen) atoms. The average molecular weight is 226 g/mol. The smallest absolute Gasteiger partial charge is 0.221 e. The van der Waals surface area contributed by atoms with Crippen molar-refractivity contribution in [3.8, 4) is 0 Å². The molecule has 1 amide bonds. The van der Waals surface area contributed by atoms with Crippen molar-refractivity contribution in [1.82, 2.24) is 0 Å². The van der Waals surface area contributed by atoms with Crippen LogP contribution in [0.5, 0.6) is 0 Å². The molecular formula is C12H16ClNO. The predicted octanol–water partition coefficient (Wildman–Crippen LogP) is 3.50. The lowest BCUT2D eigenvalue weighted by Gasteiger charge is -2.12. The number of amides is 1. The van der Waals surface area contributed by atoms with Crippen LogP contribution < -0.4 is 5.32 Å². The Balaban J connectivity index is 2.97. The van der Waals surface area contributed by atoms with Gasteiger partial charge < -0.3 is 5.32 Å². The van der Waals surface area contributed by atoms with Crippen LogP contribution in [0.4, 0.5) is 5.69 Å². The number of carbonyl (C=O) groups excluding carboxylic acids is 1. The highest BCUT2D eigenvalue weighted by atomic mass is 35.5. The van der Waals surface area contributed by atoms with Gasteiger partial charge in [0.1, 0.15) is 0 Å². The van der Waals surface area contributed by atoms with Gasteiger partial charge in [0.2, 0.25) is 5.91 Å². The van der Waals surface area contributed by atoms with E-state index in [4.69, 9.17) is 11.6 Å². The SMILES string of the molecule is CC(=O)Nc1ccc(Cl)cc1CC(C)C. The van der Waals surface area contributed by atoms with Gasteiger partial charge in [0.15, 0.2) is 0 Å². The highest BCUT2D eigenvalue weighted by Gasteiger charge is 2.06. The first-order chi connectivity index (χ1) is 6.99. The van der Waals surface area contributed by atoms with Crippen LogP contribution in [0, 0.1) is 5.92 Å². The van der Waals surface area contributed by atoms with Gasteiger partial charge in [-0.15, -0.1) is 0 Å². The summed E-state index contributed by atoms with van der Waals surface area (Å²) in [5.74, 6) is 0.485. The summed E-state index contributed by atoms with van der Waals surface area (Å²) in [6.45, 7) is 5.78. The fraction of sp³-hybridized carbons (Fsp3) is 0.417. The normalized spacial score (nSPS) is 10.5. The molecule has 2 nitrogen and oxygen atoms in total. The van der Waals surface area contributed by atoms with Crippen LogP contribution >= 0.6 is 11.6 Å². The summed E-state index contributed by atoms with van der Waals surface area (Å²) in [4.78, 5) is 11.0. The first-order valence-corrected chi connectivity index (χ1v) is 5.43. The summed E-state index contributed by atoms with van der Waals surface area (Å²) in [5, 5.41) is 3.52. The van der Waals surface area contributed by atoms with Crippen molar-refractivity contribution in [2.24, 2.45) is 5.92 Å². The van der Waals surface area contributed by atoms with Crippen LogP contribution in [-0.2, 0) is 11.2 Å². The molecule has 0 aliphatic carbocycles. The van der Waals surface area contributed by atoms with Crippen LogP contribution in [0.15, 0.2) is 18.2 Å². The molecule has 1 aromatic rings. The van der Waals surface area contributed by atoms with Gasteiger partial charge in [-0.3, -0.25) is 4.79 Å². The molecule has 1 N–H and O–H groups in total. The third-order valence-electron chi connectivity index (χ3n) is 2.01. The Hall–Kier alpha value is -1.02. The van der Waals surface area contributed by atoms with Gasteiger partial charge >= 0.3 is 0 Å². The summed E-state index contributed by atoms with van der Waals surface area (Å²) >= 11 is 5.92. The third kappa shape index (κ3) is 3.92. The second-order valence-electron chi connectivity index (χ2n) is 4.08. The maximum absolute atomic E-state index is 11.0. The zero-order valence-electron chi connectivity index (χ0n) is 9.30. The van der Waals surface area contributed by atoms with Crippen LogP contribution in [0.25, 0.3) is 0 Å². The summed E-state index contributed by atoms with van der Waals surface area (Å²) in [5.41, 5.74) is 1.95. The van der Waals surface area contributed by atoms with E-state index in [1.54, 1.807) is 6.07 Å². The molecule has 0 saturated carbocycles. The molecule has 1 rings (SSSR count). The van der Waals surface area contributed by atoms with E-state index in [1.807, 2.05) is 12.1 Å². The Labute approximate surface area is 95.6 Å². The fourth-order valence-electron chi connectivity index (χ4n) is 1.48. The Morgan fingerprint density at radius 3 is 2.67 bits per heavy atom. The van der Waals surface area contributed by atoms with Crippen molar-refractivity contribution in [2.75, 3.05) is 5.32 Å². The number of benzene rings is 1. The van der Waals surface area contributed by atoms with Crippen molar-refractivity contribution in [2.45, 2.75) is 27.2 Å². The molecule has 0 aliphatic rings. The minimum atomic E-state index is -0.0534. The van der Waals surface area contributed by atoms with Crippen molar-refractivity contribution in [3.63, 3.8) is 0 Å². The molecule has 0 atom stereocenters. The minimum absolute atomic E-state index is 0.0534. The van der Waals surface area contributed by atoms with Crippen LogP contribution in [0.2, 0.25) is 5.02 Å². The number of carbonyl (C=O) groups is 1. The summed E-state index contributed by atoms with van der Waals surface area (Å²) < 4.78 is 0. The summed E-state index contributed by atoms with van der Waals surface area (Å²) in [7, 11) is 0. The molecule has 0 fully saturated rings. The van der Waals surface area contributed by atoms with Gasteiger partial charge in [-0.1, -0.05) is 25.4 Å². The Kier molecular flexibility index (Phi) is 4.15. The molecule has 0 aromatic heterocycles. The van der Waals surface area contributed by atoms with Gasteiger partial charge in [-0.25, -0.2) is 0 Å². The van der Waals surface area contributed by atoms with E-state index >= 15 is 0 Å². The highest BCUT2D eigenvalue weighted by Crippen LogP contribution is 2.23. The lowest BCUT2D eigenvalue weighted by Crippen LogP contribution is -2.09. The number of halogens is 1. The van der Waals surface area contributed by atoms with Crippen molar-refractivity contribution >= 4 is 23.2 Å². The molecule has 0 aliphatic heterocycles. The summed E-state index contributed by atoms with van der Waals surface area (Å²) in [6, 6.07) is 5.55. The number of nitrogens with one attached hydrogen (secondary N) is 1. The zero-order chi connectivity index (χ0) is 11.4. The molecule has 0 saturated heterocycles. The van der Waals surface area contributed by atoms with E-state index in [2.05, 4.69) is 19.2 Å². The maximum Gasteiger partial charge on any atom is 0.221 e. The van der Waals surface area contributed by atoms with Crippen LogP contribution in [-0.4, -0.2) is 5.91 Å².